The third-order valence-corrected chi connectivity index (χ3v) is 3.13. The highest BCUT2D eigenvalue weighted by atomic mass is 19.1. The van der Waals surface area contributed by atoms with Gasteiger partial charge in [0.15, 0.2) is 5.69 Å². The fraction of sp³-hybridized carbons (Fsp3) is 0.250. The number of benzene rings is 1. The third-order valence-electron chi connectivity index (χ3n) is 3.13. The van der Waals surface area contributed by atoms with Gasteiger partial charge in [0, 0.05) is 6.54 Å². The summed E-state index contributed by atoms with van der Waals surface area (Å²) in [5, 5.41) is 7.86. The maximum atomic E-state index is 13.0. The molecule has 1 aliphatic rings. The molecule has 3 N–H and O–H groups in total. The van der Waals surface area contributed by atoms with Crippen LogP contribution in [-0.2, 0) is 4.74 Å². The first-order valence-corrected chi connectivity index (χ1v) is 6.24. The summed E-state index contributed by atoms with van der Waals surface area (Å²) in [4.78, 5) is 11.8. The number of nitrogens with zero attached hydrogens (tertiary/aromatic N) is 3. The van der Waals surface area contributed by atoms with E-state index in [4.69, 9.17) is 4.74 Å². The number of methoxy groups -OCH3 is 1. The largest absolute Gasteiger partial charge is 0.464 e. The number of hydrogen-bond acceptors (Lipinski definition) is 7. The second-order valence-corrected chi connectivity index (χ2v) is 4.41. The van der Waals surface area contributed by atoms with Crippen LogP contribution >= 0.6 is 0 Å². The summed E-state index contributed by atoms with van der Waals surface area (Å²) in [6.45, 7) is 0.526. The molecule has 2 aromatic rings. The lowest BCUT2D eigenvalue weighted by atomic mass is 10.1. The fourth-order valence-corrected chi connectivity index (χ4v) is 2.12. The lowest BCUT2D eigenvalue weighted by Crippen LogP contribution is -2.31. The molecule has 2 heterocycles. The van der Waals surface area contributed by atoms with Crippen molar-refractivity contribution in [1.29, 1.82) is 0 Å². The minimum Gasteiger partial charge on any atom is -0.464 e. The highest BCUT2D eigenvalue weighted by Crippen LogP contribution is 2.21. The van der Waals surface area contributed by atoms with Gasteiger partial charge in [-0.05, 0) is 24.3 Å². The molecule has 0 spiro atoms. The first-order chi connectivity index (χ1) is 10.2. The summed E-state index contributed by atoms with van der Waals surface area (Å²) in [6.07, 6.45) is 0. The van der Waals surface area contributed by atoms with Crippen LogP contribution in [0.4, 0.5) is 4.39 Å². The van der Waals surface area contributed by atoms with Gasteiger partial charge in [0.1, 0.15) is 5.82 Å². The smallest absolute Gasteiger partial charge is 0.360 e. The molecule has 0 amide bonds. The quantitative estimate of drug-likeness (QED) is 0.677. The van der Waals surface area contributed by atoms with Crippen molar-refractivity contribution in [3.05, 3.63) is 41.5 Å². The monoisotopic (exact) mass is 292 g/mol. The summed E-state index contributed by atoms with van der Waals surface area (Å²) in [5.41, 5.74) is 9.85. The SMILES string of the molecule is COC(=O)c1nnn(-c2ccc(F)cc2)c1C1CNNN1. The van der Waals surface area contributed by atoms with Gasteiger partial charge >= 0.3 is 5.97 Å². The number of hydrazine groups is 2. The molecule has 0 saturated carbocycles. The van der Waals surface area contributed by atoms with Crippen molar-refractivity contribution in [3.63, 3.8) is 0 Å². The number of nitrogens with one attached hydrogen (secondary N) is 3. The standard InChI is InChI=1S/C12H13FN6O2/c1-21-12(20)10-11(9-6-14-17-15-9)19(18-16-10)8-4-2-7(13)3-5-8/h2-5,9,14-15,17H,6H2,1H3. The maximum absolute atomic E-state index is 13.0. The zero-order chi connectivity index (χ0) is 14.8. The van der Waals surface area contributed by atoms with Gasteiger partial charge in [-0.2, -0.15) is 5.53 Å². The van der Waals surface area contributed by atoms with E-state index in [1.54, 1.807) is 12.1 Å². The van der Waals surface area contributed by atoms with E-state index in [1.807, 2.05) is 0 Å². The Morgan fingerprint density at radius 1 is 1.43 bits per heavy atom. The van der Waals surface area contributed by atoms with Crippen molar-refractivity contribution in [1.82, 2.24) is 31.4 Å². The molecule has 0 aliphatic carbocycles. The summed E-state index contributed by atoms with van der Waals surface area (Å²) >= 11 is 0. The Labute approximate surface area is 119 Å². The summed E-state index contributed by atoms with van der Waals surface area (Å²) in [5.74, 6) is -0.928. The van der Waals surface area contributed by atoms with Crippen LogP contribution < -0.4 is 16.4 Å². The second-order valence-electron chi connectivity index (χ2n) is 4.41. The number of hydrogen-bond donors (Lipinski definition) is 3. The highest BCUT2D eigenvalue weighted by molar-refractivity contribution is 5.88. The molecule has 8 nitrogen and oxygen atoms in total. The first-order valence-electron chi connectivity index (χ1n) is 6.24. The Hall–Kier alpha value is -2.36. The Kier molecular flexibility index (Phi) is 3.60. The number of halogens is 1. The number of esters is 1. The number of carbonyl (C=O) groups excluding carboxylic acids is 1. The molecule has 9 heteroatoms. The molecule has 1 fully saturated rings. The van der Waals surface area contributed by atoms with Crippen molar-refractivity contribution in [3.8, 4) is 5.69 Å². The predicted molar refractivity (Wildman–Crippen MR) is 69.7 cm³/mol. The summed E-state index contributed by atoms with van der Waals surface area (Å²) in [6, 6.07) is 5.52. The minimum atomic E-state index is -0.577. The normalized spacial score (nSPS) is 17.9. The van der Waals surface area contributed by atoms with Crippen LogP contribution in [-0.4, -0.2) is 34.6 Å². The topological polar surface area (TPSA) is 93.1 Å². The zero-order valence-electron chi connectivity index (χ0n) is 11.1. The Morgan fingerprint density at radius 3 is 2.81 bits per heavy atom. The van der Waals surface area contributed by atoms with Gasteiger partial charge in [-0.3, -0.25) is 0 Å². The molecule has 1 aliphatic heterocycles. The van der Waals surface area contributed by atoms with Crippen LogP contribution in [0, 0.1) is 5.82 Å². The van der Waals surface area contributed by atoms with Gasteiger partial charge in [-0.15, -0.1) is 5.10 Å². The average Bonchev–Trinajstić information content (AvgIpc) is 3.15. The Morgan fingerprint density at radius 2 is 2.19 bits per heavy atom. The maximum Gasteiger partial charge on any atom is 0.360 e. The summed E-state index contributed by atoms with van der Waals surface area (Å²) in [7, 11) is 1.28. The van der Waals surface area contributed by atoms with Gasteiger partial charge in [-0.25, -0.2) is 24.7 Å². The lowest BCUT2D eigenvalue weighted by Gasteiger charge is -2.12. The van der Waals surface area contributed by atoms with Crippen LogP contribution in [0.5, 0.6) is 0 Å². The fourth-order valence-electron chi connectivity index (χ4n) is 2.12. The molecule has 0 radical (unpaired) electrons. The summed E-state index contributed by atoms with van der Waals surface area (Å²) < 4.78 is 19.2. The van der Waals surface area contributed by atoms with Crippen LogP contribution in [0.2, 0.25) is 0 Å². The predicted octanol–water partition coefficient (Wildman–Crippen LogP) is -0.154. The molecule has 3 rings (SSSR count). The minimum absolute atomic E-state index is 0.116. The molecule has 1 unspecified atom stereocenters. The van der Waals surface area contributed by atoms with E-state index in [2.05, 4.69) is 26.7 Å². The second kappa shape index (κ2) is 5.56. The van der Waals surface area contributed by atoms with Crippen molar-refractivity contribution >= 4 is 5.97 Å². The Bertz CT molecular complexity index is 650. The van der Waals surface area contributed by atoms with E-state index in [1.165, 1.54) is 23.9 Å². The van der Waals surface area contributed by atoms with Crippen LogP contribution in [0.15, 0.2) is 24.3 Å². The Balaban J connectivity index is 2.09. The van der Waals surface area contributed by atoms with Gasteiger partial charge in [0.2, 0.25) is 0 Å². The van der Waals surface area contributed by atoms with Crippen LogP contribution in [0.25, 0.3) is 5.69 Å². The van der Waals surface area contributed by atoms with Crippen molar-refractivity contribution in [2.45, 2.75) is 6.04 Å². The van der Waals surface area contributed by atoms with Crippen LogP contribution in [0.1, 0.15) is 22.2 Å². The van der Waals surface area contributed by atoms with E-state index in [0.717, 1.165) is 0 Å². The molecular weight excluding hydrogens is 279 g/mol. The van der Waals surface area contributed by atoms with E-state index < -0.39 is 5.97 Å². The first kappa shape index (κ1) is 13.6. The van der Waals surface area contributed by atoms with E-state index in [-0.39, 0.29) is 17.6 Å². The number of carbonyl (C=O) groups is 1. The van der Waals surface area contributed by atoms with Crippen LogP contribution in [0.3, 0.4) is 0 Å². The molecule has 1 atom stereocenters. The van der Waals surface area contributed by atoms with Crippen molar-refractivity contribution < 1.29 is 13.9 Å². The molecule has 1 saturated heterocycles. The number of aromatic nitrogens is 3. The average molecular weight is 292 g/mol. The lowest BCUT2D eigenvalue weighted by molar-refractivity contribution is 0.0592. The molecule has 110 valence electrons. The molecule has 1 aromatic heterocycles. The molecule has 1 aromatic carbocycles. The molecular formula is C12H13FN6O2. The van der Waals surface area contributed by atoms with E-state index >= 15 is 0 Å². The van der Waals surface area contributed by atoms with Crippen molar-refractivity contribution in [2.24, 2.45) is 0 Å². The van der Waals surface area contributed by atoms with Gasteiger partial charge < -0.3 is 4.74 Å². The zero-order valence-corrected chi connectivity index (χ0v) is 11.1. The number of ether oxygens (including phenoxy) is 1. The van der Waals surface area contributed by atoms with E-state index in [9.17, 15) is 9.18 Å². The molecule has 21 heavy (non-hydrogen) atoms. The third kappa shape index (κ3) is 2.49. The number of rotatable bonds is 3. The van der Waals surface area contributed by atoms with Crippen molar-refractivity contribution in [2.75, 3.05) is 13.7 Å². The van der Waals surface area contributed by atoms with Gasteiger partial charge in [0.25, 0.3) is 0 Å². The molecule has 0 bridgehead atoms. The van der Waals surface area contributed by atoms with Gasteiger partial charge in [-0.1, -0.05) is 5.21 Å². The van der Waals surface area contributed by atoms with Gasteiger partial charge in [0.05, 0.1) is 24.5 Å². The van der Waals surface area contributed by atoms with E-state index in [0.29, 0.717) is 17.9 Å². The highest BCUT2D eigenvalue weighted by Gasteiger charge is 2.29.